The van der Waals surface area contributed by atoms with E-state index in [-0.39, 0.29) is 31.4 Å². The first kappa shape index (κ1) is 35.8. The van der Waals surface area contributed by atoms with Crippen LogP contribution < -0.4 is 24.4 Å². The summed E-state index contributed by atoms with van der Waals surface area (Å²) in [5.74, 6) is 1.65. The summed E-state index contributed by atoms with van der Waals surface area (Å²) >= 11 is 0. The van der Waals surface area contributed by atoms with E-state index in [9.17, 15) is 4.79 Å². The molecule has 3 aromatic rings. The van der Waals surface area contributed by atoms with Gasteiger partial charge in [-0.15, -0.1) is 0 Å². The molecule has 3 rings (SSSR count). The van der Waals surface area contributed by atoms with Crippen molar-refractivity contribution in [2.45, 2.75) is 20.3 Å². The Labute approximate surface area is 263 Å². The van der Waals surface area contributed by atoms with Crippen molar-refractivity contribution in [3.8, 4) is 34.1 Å². The highest BCUT2D eigenvalue weighted by atomic mass is 16.7. The largest absolute Gasteiger partial charge is 0.493 e. The van der Waals surface area contributed by atoms with Crippen LogP contribution in [0.25, 0.3) is 22.1 Å². The van der Waals surface area contributed by atoms with Crippen molar-refractivity contribution in [2.24, 2.45) is 0 Å². The van der Waals surface area contributed by atoms with Crippen molar-refractivity contribution < 1.29 is 51.8 Å². The van der Waals surface area contributed by atoms with Gasteiger partial charge in [-0.3, -0.25) is 4.79 Å². The van der Waals surface area contributed by atoms with Gasteiger partial charge in [0.15, 0.2) is 31.9 Å². The molecule has 0 saturated carbocycles. The van der Waals surface area contributed by atoms with Crippen LogP contribution in [0.1, 0.15) is 19.4 Å². The summed E-state index contributed by atoms with van der Waals surface area (Å²) in [5, 5.41) is 0.362. The predicted octanol–water partition coefficient (Wildman–Crippen LogP) is 4.98. The van der Waals surface area contributed by atoms with Gasteiger partial charge in [0.2, 0.25) is 5.43 Å². The number of benzene rings is 2. The summed E-state index contributed by atoms with van der Waals surface area (Å²) in [6, 6.07) is 6.65. The quantitative estimate of drug-likeness (QED) is 0.0844. The summed E-state index contributed by atoms with van der Waals surface area (Å²) < 4.78 is 61.1. The molecule has 1 heterocycles. The van der Waals surface area contributed by atoms with Crippen LogP contribution in [-0.2, 0) is 34.8 Å². The Morgan fingerprint density at radius 3 is 1.93 bits per heavy atom. The Morgan fingerprint density at radius 2 is 1.36 bits per heavy atom. The second kappa shape index (κ2) is 19.7. The fourth-order valence-electron chi connectivity index (χ4n) is 4.20. The smallest absolute Gasteiger partial charge is 0.200 e. The van der Waals surface area contributed by atoms with Crippen molar-refractivity contribution >= 4 is 11.0 Å². The van der Waals surface area contributed by atoms with Crippen LogP contribution in [0.15, 0.2) is 51.4 Å². The van der Waals surface area contributed by atoms with Gasteiger partial charge in [-0.05, 0) is 32.4 Å². The topological polar surface area (TPSA) is 123 Å². The average molecular weight is 633 g/mol. The molecule has 0 saturated heterocycles. The van der Waals surface area contributed by atoms with E-state index < -0.39 is 0 Å². The lowest BCUT2D eigenvalue weighted by atomic mass is 9.94. The molecule has 0 radical (unpaired) electrons. The lowest BCUT2D eigenvalue weighted by Gasteiger charge is -2.21. The minimum absolute atomic E-state index is 0.0314. The average Bonchev–Trinajstić information content (AvgIpc) is 3.03. The maximum absolute atomic E-state index is 14.0. The molecule has 12 heteroatoms. The zero-order valence-electron chi connectivity index (χ0n) is 26.9. The van der Waals surface area contributed by atoms with Gasteiger partial charge in [-0.25, -0.2) is 0 Å². The molecule has 0 aliphatic carbocycles. The van der Waals surface area contributed by atoms with Crippen molar-refractivity contribution in [2.75, 3.05) is 88.5 Å². The van der Waals surface area contributed by atoms with Crippen molar-refractivity contribution in [1.29, 1.82) is 0 Å². The highest BCUT2D eigenvalue weighted by Gasteiger charge is 2.25. The first-order valence-corrected chi connectivity index (χ1v) is 14.5. The highest BCUT2D eigenvalue weighted by molar-refractivity contribution is 5.86. The van der Waals surface area contributed by atoms with Gasteiger partial charge >= 0.3 is 0 Å². The van der Waals surface area contributed by atoms with Gasteiger partial charge in [0.25, 0.3) is 0 Å². The Bertz CT molecular complexity index is 1410. The van der Waals surface area contributed by atoms with E-state index in [1.165, 1.54) is 6.26 Å². The van der Waals surface area contributed by atoms with E-state index >= 15 is 0 Å². The number of allylic oxidation sites excluding steroid dienone is 2. The molecule has 0 aliphatic heterocycles. The molecule has 0 amide bonds. The molecule has 248 valence electrons. The first-order chi connectivity index (χ1) is 21.9. The predicted molar refractivity (Wildman–Crippen MR) is 168 cm³/mol. The van der Waals surface area contributed by atoms with Gasteiger partial charge in [0.05, 0.1) is 57.7 Å². The second-order valence-electron chi connectivity index (χ2n) is 9.87. The summed E-state index contributed by atoms with van der Waals surface area (Å²) in [7, 11) is 6.32. The summed E-state index contributed by atoms with van der Waals surface area (Å²) in [6.07, 6.45) is 3.86. The summed E-state index contributed by atoms with van der Waals surface area (Å²) in [5.41, 5.74) is 2.61. The van der Waals surface area contributed by atoms with E-state index in [1.807, 2.05) is 19.9 Å². The minimum atomic E-state index is -0.263. The number of rotatable bonds is 22. The minimum Gasteiger partial charge on any atom is -0.493 e. The molecular weight excluding hydrogens is 588 g/mol. The second-order valence-corrected chi connectivity index (χ2v) is 9.87. The summed E-state index contributed by atoms with van der Waals surface area (Å²) in [6.45, 7) is 6.21. The van der Waals surface area contributed by atoms with E-state index in [4.69, 9.17) is 51.8 Å². The monoisotopic (exact) mass is 632 g/mol. The van der Waals surface area contributed by atoms with Crippen LogP contribution >= 0.6 is 0 Å². The third kappa shape index (κ3) is 10.7. The normalized spacial score (nSPS) is 11.1. The van der Waals surface area contributed by atoms with Gasteiger partial charge < -0.3 is 51.8 Å². The Balaban J connectivity index is 2.09. The van der Waals surface area contributed by atoms with Gasteiger partial charge in [-0.2, -0.15) is 0 Å². The first-order valence-electron chi connectivity index (χ1n) is 14.5. The number of hydrogen-bond donors (Lipinski definition) is 0. The third-order valence-corrected chi connectivity index (χ3v) is 6.44. The van der Waals surface area contributed by atoms with Crippen LogP contribution in [0.3, 0.4) is 0 Å². The van der Waals surface area contributed by atoms with Crippen LogP contribution in [0.4, 0.5) is 0 Å². The molecule has 0 N–H and O–H groups in total. The number of methoxy groups -OCH3 is 4. The maximum atomic E-state index is 14.0. The number of ether oxygens (including phenoxy) is 10. The van der Waals surface area contributed by atoms with Gasteiger partial charge in [0, 0.05) is 44.6 Å². The molecule has 0 spiro atoms. The van der Waals surface area contributed by atoms with Crippen molar-refractivity contribution in [1.82, 2.24) is 0 Å². The van der Waals surface area contributed by atoms with Crippen molar-refractivity contribution in [3.63, 3.8) is 0 Å². The maximum Gasteiger partial charge on any atom is 0.200 e. The lowest BCUT2D eigenvalue weighted by molar-refractivity contribution is -0.0122. The Morgan fingerprint density at radius 1 is 0.756 bits per heavy atom. The van der Waals surface area contributed by atoms with E-state index in [0.717, 1.165) is 5.57 Å². The fraction of sp³-hybridized carbons (Fsp3) is 0.485. The Kier molecular flexibility index (Phi) is 15.7. The van der Waals surface area contributed by atoms with E-state index in [2.05, 4.69) is 0 Å². The number of fused-ring (bicyclic) bond motifs is 1. The zero-order chi connectivity index (χ0) is 32.4. The molecule has 0 bridgehead atoms. The molecule has 12 nitrogen and oxygen atoms in total. The molecule has 45 heavy (non-hydrogen) atoms. The standard InChI is InChI=1S/C33H44O12/c1-23(2)7-9-26-31(27-19-42-28-17-24(8-10-25(28)32(27)34)43-20-39-14-11-35-3)29(44-21-40-15-12-36-4)18-30(33(26)38-6)45-22-41-16-13-37-5/h7-8,10,17-19H,9,11-16,20-22H2,1-6H3. The molecule has 0 aliphatic rings. The molecule has 2 aromatic carbocycles. The highest BCUT2D eigenvalue weighted by Crippen LogP contribution is 2.45. The van der Waals surface area contributed by atoms with Crippen LogP contribution in [0.2, 0.25) is 0 Å². The van der Waals surface area contributed by atoms with E-state index in [1.54, 1.807) is 52.7 Å². The molecule has 0 atom stereocenters. The number of hydrogen-bond acceptors (Lipinski definition) is 12. The van der Waals surface area contributed by atoms with E-state index in [0.29, 0.717) is 91.2 Å². The molecular formula is C33H44O12. The van der Waals surface area contributed by atoms with Crippen molar-refractivity contribution in [3.05, 3.63) is 58.0 Å². The Hall–Kier alpha value is -3.65. The summed E-state index contributed by atoms with van der Waals surface area (Å²) in [4.78, 5) is 14.0. The lowest BCUT2D eigenvalue weighted by Crippen LogP contribution is -2.13. The molecule has 0 unspecified atom stereocenters. The molecule has 1 aromatic heterocycles. The third-order valence-electron chi connectivity index (χ3n) is 6.44. The fourth-order valence-corrected chi connectivity index (χ4v) is 4.20. The van der Waals surface area contributed by atoms with Gasteiger partial charge in [-0.1, -0.05) is 11.6 Å². The van der Waals surface area contributed by atoms with Crippen LogP contribution in [0, 0.1) is 0 Å². The molecule has 0 fully saturated rings. The zero-order valence-corrected chi connectivity index (χ0v) is 26.9. The van der Waals surface area contributed by atoms with Crippen LogP contribution in [-0.4, -0.2) is 88.5 Å². The SMILES string of the molecule is COCCOCOc1ccc2c(=O)c(-c3c(OCOCCOC)cc(OCOCCOC)c(OC)c3CC=C(C)C)coc2c1. The van der Waals surface area contributed by atoms with Crippen LogP contribution in [0.5, 0.6) is 23.0 Å². The van der Waals surface area contributed by atoms with Gasteiger partial charge in [0.1, 0.15) is 23.3 Å².